The van der Waals surface area contributed by atoms with E-state index < -0.39 is 17.7 Å². The van der Waals surface area contributed by atoms with Crippen LogP contribution in [0.25, 0.3) is 0 Å². The van der Waals surface area contributed by atoms with Crippen LogP contribution in [0.3, 0.4) is 0 Å². The van der Waals surface area contributed by atoms with Crippen molar-refractivity contribution in [2.24, 2.45) is 0 Å². The Morgan fingerprint density at radius 1 is 1.15 bits per heavy atom. The second-order valence-electron chi connectivity index (χ2n) is 2.17. The first kappa shape index (κ1) is 10.3. The van der Waals surface area contributed by atoms with Gasteiger partial charge < -0.3 is 0 Å². The number of rotatable bonds is 3. The minimum absolute atomic E-state index is 0.0248. The van der Waals surface area contributed by atoms with E-state index in [1.807, 2.05) is 6.92 Å². The lowest BCUT2D eigenvalue weighted by Crippen LogP contribution is -2.04. The molecule has 0 fully saturated rings. The Morgan fingerprint density at radius 2 is 1.69 bits per heavy atom. The average molecular weight is 208 g/mol. The Balaban J connectivity index is 2.86. The summed E-state index contributed by atoms with van der Waals surface area (Å²) in [6, 6.07) is 0. The van der Waals surface area contributed by atoms with Crippen molar-refractivity contribution in [3.05, 3.63) is 23.5 Å². The summed E-state index contributed by atoms with van der Waals surface area (Å²) in [5, 5.41) is 0. The molecule has 72 valence electrons. The molecular formula is C7H7F3N2S. The molecule has 0 saturated heterocycles. The van der Waals surface area contributed by atoms with Gasteiger partial charge in [0.1, 0.15) is 5.82 Å². The van der Waals surface area contributed by atoms with Crippen molar-refractivity contribution in [2.75, 3.05) is 5.75 Å². The lowest BCUT2D eigenvalue weighted by Gasteiger charge is -1.99. The zero-order valence-electron chi connectivity index (χ0n) is 6.85. The standard InChI is InChI=1S/C7H7F3N2S/c1-2-13-3-4-11-6(9)5(8)7(10)12-4/h2-3H2,1H3. The number of aromatic nitrogens is 2. The zero-order valence-corrected chi connectivity index (χ0v) is 7.67. The van der Waals surface area contributed by atoms with Crippen molar-refractivity contribution in [3.63, 3.8) is 0 Å². The quantitative estimate of drug-likeness (QED) is 0.712. The van der Waals surface area contributed by atoms with Crippen LogP contribution in [0, 0.1) is 17.7 Å². The summed E-state index contributed by atoms with van der Waals surface area (Å²) in [5.41, 5.74) is 0. The first-order chi connectivity index (χ1) is 6.15. The second-order valence-corrected chi connectivity index (χ2v) is 3.45. The first-order valence-electron chi connectivity index (χ1n) is 3.60. The highest BCUT2D eigenvalue weighted by Gasteiger charge is 2.13. The van der Waals surface area contributed by atoms with E-state index in [2.05, 4.69) is 9.97 Å². The van der Waals surface area contributed by atoms with Gasteiger partial charge in [-0.1, -0.05) is 6.92 Å². The van der Waals surface area contributed by atoms with Gasteiger partial charge in [-0.2, -0.15) is 24.9 Å². The van der Waals surface area contributed by atoms with Crippen LogP contribution >= 0.6 is 11.8 Å². The van der Waals surface area contributed by atoms with Gasteiger partial charge in [0.25, 0.3) is 11.9 Å². The van der Waals surface area contributed by atoms with Crippen LogP contribution < -0.4 is 0 Å². The van der Waals surface area contributed by atoms with Crippen molar-refractivity contribution in [1.29, 1.82) is 0 Å². The lowest BCUT2D eigenvalue weighted by molar-refractivity contribution is 0.402. The highest BCUT2D eigenvalue weighted by Crippen LogP contribution is 2.11. The molecule has 0 radical (unpaired) electrons. The Bertz CT molecular complexity index is 283. The van der Waals surface area contributed by atoms with E-state index >= 15 is 0 Å². The van der Waals surface area contributed by atoms with Crippen molar-refractivity contribution in [3.8, 4) is 0 Å². The number of hydrogen-bond acceptors (Lipinski definition) is 3. The summed E-state index contributed by atoms with van der Waals surface area (Å²) in [6.07, 6.45) is 0. The van der Waals surface area contributed by atoms with E-state index in [4.69, 9.17) is 0 Å². The van der Waals surface area contributed by atoms with E-state index in [0.717, 1.165) is 5.75 Å². The summed E-state index contributed by atoms with van der Waals surface area (Å²) in [5.74, 6) is -3.44. The fourth-order valence-corrected chi connectivity index (χ4v) is 1.21. The number of halogens is 3. The SMILES string of the molecule is CCSCc1nc(F)c(F)c(F)n1. The molecular weight excluding hydrogens is 201 g/mol. The summed E-state index contributed by atoms with van der Waals surface area (Å²) in [4.78, 5) is 6.31. The summed E-state index contributed by atoms with van der Waals surface area (Å²) in [6.45, 7) is 1.89. The van der Waals surface area contributed by atoms with Gasteiger partial charge in [0.05, 0.1) is 5.75 Å². The molecule has 0 aliphatic heterocycles. The van der Waals surface area contributed by atoms with Gasteiger partial charge in [-0.05, 0) is 5.75 Å². The smallest absolute Gasteiger partial charge is 0.201 e. The normalized spacial score (nSPS) is 10.5. The van der Waals surface area contributed by atoms with Gasteiger partial charge in [0.15, 0.2) is 0 Å². The van der Waals surface area contributed by atoms with Crippen LogP contribution in [0.2, 0.25) is 0 Å². The summed E-state index contributed by atoms with van der Waals surface area (Å²) in [7, 11) is 0. The highest BCUT2D eigenvalue weighted by molar-refractivity contribution is 7.98. The number of nitrogens with zero attached hydrogens (tertiary/aromatic N) is 2. The lowest BCUT2D eigenvalue weighted by atomic mass is 10.5. The minimum atomic E-state index is -1.62. The fraction of sp³-hybridized carbons (Fsp3) is 0.429. The summed E-state index contributed by atoms with van der Waals surface area (Å²) < 4.78 is 37.3. The molecule has 6 heteroatoms. The molecule has 0 bridgehead atoms. The minimum Gasteiger partial charge on any atom is -0.201 e. The van der Waals surface area contributed by atoms with Crippen LogP contribution in [0.1, 0.15) is 12.7 Å². The van der Waals surface area contributed by atoms with Crippen LogP contribution in [0.4, 0.5) is 13.2 Å². The molecule has 2 nitrogen and oxygen atoms in total. The molecule has 13 heavy (non-hydrogen) atoms. The maximum atomic E-state index is 12.5. The van der Waals surface area contributed by atoms with Gasteiger partial charge in [0.2, 0.25) is 5.82 Å². The monoisotopic (exact) mass is 208 g/mol. The topological polar surface area (TPSA) is 25.8 Å². The molecule has 0 aliphatic carbocycles. The second kappa shape index (κ2) is 4.45. The van der Waals surface area contributed by atoms with Crippen LogP contribution in [-0.2, 0) is 5.75 Å². The van der Waals surface area contributed by atoms with Crippen LogP contribution in [-0.4, -0.2) is 15.7 Å². The predicted molar refractivity (Wildman–Crippen MR) is 43.7 cm³/mol. The maximum absolute atomic E-state index is 12.5. The Hall–Kier alpha value is -0.780. The molecule has 1 heterocycles. The zero-order chi connectivity index (χ0) is 9.84. The highest BCUT2D eigenvalue weighted by atomic mass is 32.2. The molecule has 1 aromatic heterocycles. The molecule has 0 atom stereocenters. The van der Waals surface area contributed by atoms with Gasteiger partial charge in [0, 0.05) is 0 Å². The van der Waals surface area contributed by atoms with Crippen LogP contribution in [0.5, 0.6) is 0 Å². The van der Waals surface area contributed by atoms with Crippen molar-refractivity contribution >= 4 is 11.8 Å². The molecule has 0 unspecified atom stereocenters. The Labute approximate surface area is 77.6 Å². The van der Waals surface area contributed by atoms with Crippen molar-refractivity contribution < 1.29 is 13.2 Å². The molecule has 0 amide bonds. The van der Waals surface area contributed by atoms with Crippen molar-refractivity contribution in [1.82, 2.24) is 9.97 Å². The number of thioether (sulfide) groups is 1. The molecule has 1 rings (SSSR count). The van der Waals surface area contributed by atoms with E-state index in [9.17, 15) is 13.2 Å². The molecule has 0 aromatic carbocycles. The molecule has 0 N–H and O–H groups in total. The van der Waals surface area contributed by atoms with E-state index in [1.54, 1.807) is 0 Å². The predicted octanol–water partition coefficient (Wildman–Crippen LogP) is 2.15. The first-order valence-corrected chi connectivity index (χ1v) is 4.75. The third kappa shape index (κ3) is 2.58. The van der Waals surface area contributed by atoms with Gasteiger partial charge in [-0.15, -0.1) is 0 Å². The van der Waals surface area contributed by atoms with Gasteiger partial charge in [-0.25, -0.2) is 9.97 Å². The molecule has 0 spiro atoms. The Kier molecular flexibility index (Phi) is 3.53. The van der Waals surface area contributed by atoms with E-state index in [1.165, 1.54) is 11.8 Å². The van der Waals surface area contributed by atoms with Crippen molar-refractivity contribution in [2.45, 2.75) is 12.7 Å². The fourth-order valence-electron chi connectivity index (χ4n) is 0.693. The van der Waals surface area contributed by atoms with E-state index in [-0.39, 0.29) is 11.6 Å². The largest absolute Gasteiger partial charge is 0.255 e. The summed E-state index contributed by atoms with van der Waals surface area (Å²) >= 11 is 1.40. The number of hydrogen-bond donors (Lipinski definition) is 0. The third-order valence-corrected chi connectivity index (χ3v) is 2.12. The maximum Gasteiger partial charge on any atom is 0.255 e. The van der Waals surface area contributed by atoms with Gasteiger partial charge in [-0.3, -0.25) is 0 Å². The molecule has 0 saturated carbocycles. The van der Waals surface area contributed by atoms with Crippen LogP contribution in [0.15, 0.2) is 0 Å². The molecule has 1 aromatic rings. The molecule has 0 aliphatic rings. The van der Waals surface area contributed by atoms with E-state index in [0.29, 0.717) is 0 Å². The Morgan fingerprint density at radius 3 is 2.15 bits per heavy atom. The third-order valence-electron chi connectivity index (χ3n) is 1.25. The average Bonchev–Trinajstić information content (AvgIpc) is 2.10. The van der Waals surface area contributed by atoms with Gasteiger partial charge >= 0.3 is 0 Å².